The molecule has 1 heterocycles. The van der Waals surface area contributed by atoms with Crippen LogP contribution in [0.2, 0.25) is 10.0 Å². The third kappa shape index (κ3) is 5.91. The quantitative estimate of drug-likeness (QED) is 0.241. The summed E-state index contributed by atoms with van der Waals surface area (Å²) in [5.74, 6) is 0.207. The molecule has 0 spiro atoms. The number of nitrogens with two attached hydrogens (primary N) is 1. The van der Waals surface area contributed by atoms with Crippen molar-refractivity contribution in [3.8, 4) is 0 Å². The molecule has 0 saturated heterocycles. The number of hydrogen-bond donors (Lipinski definition) is 2. The predicted molar refractivity (Wildman–Crippen MR) is 153 cm³/mol. The number of nitrogens with one attached hydrogen (secondary N) is 1. The summed E-state index contributed by atoms with van der Waals surface area (Å²) < 4.78 is 1.00. The zero-order valence-corrected chi connectivity index (χ0v) is 23.2. The average molecular weight is 635 g/mol. The van der Waals surface area contributed by atoms with Crippen LogP contribution in [0.1, 0.15) is 48.2 Å². The highest BCUT2D eigenvalue weighted by atomic mass is 127. The van der Waals surface area contributed by atoms with Crippen molar-refractivity contribution in [1.82, 2.24) is 10.2 Å². The molecule has 3 N–H and O–H groups in total. The highest BCUT2D eigenvalue weighted by Crippen LogP contribution is 2.44. The number of carbonyl (C=O) groups is 2. The van der Waals surface area contributed by atoms with E-state index in [4.69, 9.17) is 33.9 Å². The van der Waals surface area contributed by atoms with Crippen molar-refractivity contribution in [2.75, 3.05) is 6.54 Å². The Labute approximate surface area is 234 Å². The van der Waals surface area contributed by atoms with Gasteiger partial charge in [0.2, 0.25) is 5.91 Å². The van der Waals surface area contributed by atoms with Gasteiger partial charge in [0.25, 0.3) is 0 Å². The van der Waals surface area contributed by atoms with E-state index < -0.39 is 18.0 Å². The van der Waals surface area contributed by atoms with Gasteiger partial charge >= 0.3 is 0 Å². The van der Waals surface area contributed by atoms with Crippen molar-refractivity contribution in [3.05, 3.63) is 97.0 Å². The van der Waals surface area contributed by atoms with Gasteiger partial charge in [-0.1, -0.05) is 47.5 Å². The number of halogens is 3. The van der Waals surface area contributed by atoms with Gasteiger partial charge in [-0.05, 0) is 83.1 Å². The summed E-state index contributed by atoms with van der Waals surface area (Å²) in [6.45, 7) is 2.37. The Bertz CT molecular complexity index is 1280. The largest absolute Gasteiger partial charge is 0.371 e. The maximum Gasteiger partial charge on any atom is 0.219 e. The van der Waals surface area contributed by atoms with E-state index in [2.05, 4.69) is 39.7 Å². The minimum atomic E-state index is -0.597. The Hall–Kier alpha value is -2.46. The van der Waals surface area contributed by atoms with E-state index in [1.54, 1.807) is 0 Å². The molecule has 0 radical (unpaired) electrons. The monoisotopic (exact) mass is 634 g/mol. The predicted octanol–water partition coefficient (Wildman–Crippen LogP) is 6.15. The average Bonchev–Trinajstić information content (AvgIpc) is 2.98. The van der Waals surface area contributed by atoms with E-state index in [9.17, 15) is 9.59 Å². The minimum Gasteiger partial charge on any atom is -0.371 e. The first kappa shape index (κ1) is 26.6. The van der Waals surface area contributed by atoms with Gasteiger partial charge < -0.3 is 15.8 Å². The second-order valence-electron chi connectivity index (χ2n) is 8.55. The molecule has 0 saturated carbocycles. The molecule has 1 amide bonds. The lowest BCUT2D eigenvalue weighted by Gasteiger charge is -2.40. The van der Waals surface area contributed by atoms with Crippen LogP contribution >= 0.6 is 45.8 Å². The molecular formula is C27H25Cl2IN4O2. The van der Waals surface area contributed by atoms with Crippen LogP contribution in [0.25, 0.3) is 0 Å². The van der Waals surface area contributed by atoms with Gasteiger partial charge in [-0.15, -0.1) is 0 Å². The summed E-state index contributed by atoms with van der Waals surface area (Å²) in [5, 5.41) is 4.58. The van der Waals surface area contributed by atoms with Crippen molar-refractivity contribution in [1.29, 1.82) is 0 Å². The lowest BCUT2D eigenvalue weighted by atomic mass is 9.94. The van der Waals surface area contributed by atoms with Crippen LogP contribution in [0.4, 0.5) is 5.69 Å². The van der Waals surface area contributed by atoms with Crippen molar-refractivity contribution in [2.24, 2.45) is 10.7 Å². The molecule has 9 heteroatoms. The minimum absolute atomic E-state index is 0.149. The first-order valence-corrected chi connectivity index (χ1v) is 13.3. The second-order valence-corrected chi connectivity index (χ2v) is 10.7. The molecule has 186 valence electrons. The fraction of sp³-hybridized carbons (Fsp3) is 0.222. The molecule has 36 heavy (non-hydrogen) atoms. The number of benzene rings is 3. The summed E-state index contributed by atoms with van der Waals surface area (Å²) in [7, 11) is 0. The van der Waals surface area contributed by atoms with Crippen LogP contribution < -0.4 is 11.1 Å². The first-order valence-electron chi connectivity index (χ1n) is 11.4. The lowest BCUT2D eigenvalue weighted by Crippen LogP contribution is -2.43. The zero-order valence-electron chi connectivity index (χ0n) is 19.5. The second kappa shape index (κ2) is 11.7. The van der Waals surface area contributed by atoms with Crippen molar-refractivity contribution < 1.29 is 9.59 Å². The van der Waals surface area contributed by atoms with E-state index in [0.717, 1.165) is 26.5 Å². The van der Waals surface area contributed by atoms with E-state index in [-0.39, 0.29) is 12.5 Å². The van der Waals surface area contributed by atoms with Crippen molar-refractivity contribution in [2.45, 2.75) is 31.5 Å². The number of amides is 1. The molecule has 3 aromatic carbocycles. The van der Waals surface area contributed by atoms with Crippen LogP contribution in [0, 0.1) is 3.57 Å². The van der Waals surface area contributed by atoms with Crippen molar-refractivity contribution in [3.63, 3.8) is 0 Å². The highest BCUT2D eigenvalue weighted by molar-refractivity contribution is 14.1. The molecule has 4 rings (SSSR count). The van der Waals surface area contributed by atoms with E-state index in [1.807, 2.05) is 66.7 Å². The molecule has 1 aliphatic heterocycles. The van der Waals surface area contributed by atoms with Gasteiger partial charge in [0, 0.05) is 38.2 Å². The van der Waals surface area contributed by atoms with Crippen LogP contribution in [0.5, 0.6) is 0 Å². The number of carbonyl (C=O) groups excluding carboxylic acids is 2. The number of aliphatic imine (C=N–C) groups is 1. The topological polar surface area (TPSA) is 87.8 Å². The van der Waals surface area contributed by atoms with Gasteiger partial charge in [0.1, 0.15) is 12.1 Å². The number of rotatable bonds is 7. The fourth-order valence-electron chi connectivity index (χ4n) is 4.46. The molecule has 0 aromatic heterocycles. The maximum absolute atomic E-state index is 12.8. The van der Waals surface area contributed by atoms with Crippen molar-refractivity contribution >= 4 is 69.5 Å². The maximum atomic E-state index is 12.8. The number of nitrogens with zero attached hydrogens (tertiary/aromatic N) is 2. The molecule has 3 atom stereocenters. The summed E-state index contributed by atoms with van der Waals surface area (Å²) in [6.07, 6.45) is 1.11. The Morgan fingerprint density at radius 3 is 2.36 bits per heavy atom. The highest BCUT2D eigenvalue weighted by Gasteiger charge is 2.39. The van der Waals surface area contributed by atoms with Gasteiger partial charge in [0.05, 0.1) is 17.8 Å². The molecule has 1 unspecified atom stereocenters. The van der Waals surface area contributed by atoms with Crippen LogP contribution in [-0.4, -0.2) is 29.5 Å². The Kier molecular flexibility index (Phi) is 8.66. The number of aldehydes is 1. The summed E-state index contributed by atoms with van der Waals surface area (Å²) in [6, 6.07) is 19.7. The Balaban J connectivity index is 1.93. The third-order valence-electron chi connectivity index (χ3n) is 6.22. The lowest BCUT2D eigenvalue weighted by molar-refractivity contribution is -0.117. The van der Waals surface area contributed by atoms with E-state index >= 15 is 0 Å². The first-order chi connectivity index (χ1) is 17.3. The van der Waals surface area contributed by atoms with E-state index in [1.165, 1.54) is 0 Å². The molecule has 0 bridgehead atoms. The summed E-state index contributed by atoms with van der Waals surface area (Å²) in [5.41, 5.74) is 8.80. The molecule has 6 nitrogen and oxygen atoms in total. The van der Waals surface area contributed by atoms with Gasteiger partial charge in [-0.3, -0.25) is 9.69 Å². The molecule has 0 aliphatic carbocycles. The fourth-order valence-corrected chi connectivity index (χ4v) is 5.23. The number of fused-ring (bicyclic) bond motifs is 1. The van der Waals surface area contributed by atoms with Crippen LogP contribution in [0.15, 0.2) is 71.7 Å². The standard InChI is InChI=1S/C27H25Cl2IN4O2/c1-16(17-2-6-19(28)7-3-17)34-24(15-35)22-14-21(30)10-11-23(22)33-27(32-13-12-25(31)36)26(34)18-4-8-20(29)9-5-18/h2-11,14-16,24,26H,12-13H2,1H3,(H2,31,36)(H,32,33)/t16-,24?,26+/m1/s1. The van der Waals surface area contributed by atoms with Crippen LogP contribution in [-0.2, 0) is 9.59 Å². The number of hydrogen-bond acceptors (Lipinski definition) is 5. The molecule has 0 fully saturated rings. The van der Waals surface area contributed by atoms with Gasteiger partial charge in [-0.2, -0.15) is 0 Å². The summed E-state index contributed by atoms with van der Waals surface area (Å²) in [4.78, 5) is 31.4. The van der Waals surface area contributed by atoms with Crippen LogP contribution in [0.3, 0.4) is 0 Å². The molecule has 3 aromatic rings. The Morgan fingerprint density at radius 2 is 1.75 bits per heavy atom. The smallest absolute Gasteiger partial charge is 0.219 e. The summed E-state index contributed by atoms with van der Waals surface area (Å²) >= 11 is 14.6. The van der Waals surface area contributed by atoms with Gasteiger partial charge in [-0.25, -0.2) is 4.99 Å². The number of amidine groups is 1. The third-order valence-corrected chi connectivity index (χ3v) is 7.39. The Morgan fingerprint density at radius 1 is 1.11 bits per heavy atom. The number of primary amides is 1. The van der Waals surface area contributed by atoms with Gasteiger partial charge in [0.15, 0.2) is 0 Å². The SMILES string of the molecule is C[C@H](c1ccc(Cl)cc1)N1C(C=O)c2cc(I)ccc2N=C(NCCC(N)=O)[C@@H]1c1ccc(Cl)cc1. The zero-order chi connectivity index (χ0) is 25.8. The molecule has 1 aliphatic rings. The normalized spacial score (nSPS) is 18.5. The molecular weight excluding hydrogens is 610 g/mol. The van der Waals surface area contributed by atoms with E-state index in [0.29, 0.717) is 28.1 Å².